The van der Waals surface area contributed by atoms with E-state index in [4.69, 9.17) is 4.42 Å². The Labute approximate surface area is 318 Å². The van der Waals surface area contributed by atoms with E-state index < -0.39 is 0 Å². The number of aromatic nitrogens is 3. The first-order valence-electron chi connectivity index (χ1n) is 18.7. The van der Waals surface area contributed by atoms with Crippen LogP contribution in [0.25, 0.3) is 105 Å². The van der Waals surface area contributed by atoms with Crippen molar-refractivity contribution >= 4 is 65.6 Å². The highest BCUT2D eigenvalue weighted by atomic mass is 16.3. The van der Waals surface area contributed by atoms with Gasteiger partial charge in [-0.1, -0.05) is 115 Å². The fourth-order valence-electron chi connectivity index (χ4n) is 8.89. The summed E-state index contributed by atoms with van der Waals surface area (Å²) in [6.45, 7) is 0. The lowest BCUT2D eigenvalue weighted by Gasteiger charge is -2.08. The van der Waals surface area contributed by atoms with Gasteiger partial charge in [0.15, 0.2) is 5.58 Å². The molecule has 4 heterocycles. The lowest BCUT2D eigenvalue weighted by Crippen LogP contribution is -2.21. The molecule has 56 heavy (non-hydrogen) atoms. The van der Waals surface area contributed by atoms with Crippen molar-refractivity contribution in [1.82, 2.24) is 13.6 Å². The minimum absolute atomic E-state index is 0.324. The van der Waals surface area contributed by atoms with Crippen molar-refractivity contribution in [3.05, 3.63) is 197 Å². The summed E-state index contributed by atoms with van der Waals surface area (Å²) in [5.74, 6) is 0. The molecule has 6 heteroatoms. The van der Waals surface area contributed by atoms with Crippen LogP contribution in [0, 0.1) is 0 Å². The van der Waals surface area contributed by atoms with Crippen molar-refractivity contribution in [1.29, 1.82) is 0 Å². The molecule has 0 atom stereocenters. The minimum Gasteiger partial charge on any atom is -0.454 e. The van der Waals surface area contributed by atoms with Gasteiger partial charge in [0.25, 0.3) is 11.1 Å². The highest BCUT2D eigenvalue weighted by Crippen LogP contribution is 2.41. The molecule has 0 radical (unpaired) electrons. The van der Waals surface area contributed by atoms with E-state index in [1.165, 1.54) is 4.52 Å². The molecule has 0 aliphatic carbocycles. The van der Waals surface area contributed by atoms with E-state index in [0.717, 1.165) is 82.8 Å². The Bertz CT molecular complexity index is 3680. The van der Waals surface area contributed by atoms with Gasteiger partial charge in [0.05, 0.1) is 32.8 Å². The molecule has 0 aliphatic rings. The highest BCUT2D eigenvalue weighted by molar-refractivity contribution is 6.22. The van der Waals surface area contributed by atoms with Gasteiger partial charge >= 0.3 is 0 Å². The lowest BCUT2D eigenvalue weighted by atomic mass is 9.97. The molecule has 0 aliphatic heterocycles. The average Bonchev–Trinajstić information content (AvgIpc) is 3.98. The Morgan fingerprint density at radius 2 is 1.07 bits per heavy atom. The van der Waals surface area contributed by atoms with Gasteiger partial charge in [-0.2, -0.15) is 4.52 Å². The zero-order chi connectivity index (χ0) is 37.1. The zero-order valence-electron chi connectivity index (χ0n) is 29.8. The SMILES string of the molecule is O=c1c2ccc(-c3ccc4c(c3)c3ccc5c6ccccc6oc5c3n4-c3ccccc3)cc2n2c3cccc(-c4cccc(-c5ccccc5)c4)c3c(=O)n12. The molecule has 0 saturated heterocycles. The molecule has 4 aromatic heterocycles. The predicted molar refractivity (Wildman–Crippen MR) is 228 cm³/mol. The molecule has 262 valence electrons. The van der Waals surface area contributed by atoms with Crippen molar-refractivity contribution in [3.63, 3.8) is 0 Å². The smallest absolute Gasteiger partial charge is 0.283 e. The number of para-hydroxylation sites is 2. The van der Waals surface area contributed by atoms with Crippen molar-refractivity contribution < 1.29 is 4.42 Å². The normalized spacial score (nSPS) is 12.1. The third-order valence-corrected chi connectivity index (χ3v) is 11.4. The Morgan fingerprint density at radius 1 is 0.393 bits per heavy atom. The molecule has 12 rings (SSSR count). The second kappa shape index (κ2) is 11.4. The van der Waals surface area contributed by atoms with E-state index in [1.54, 1.807) is 4.52 Å². The maximum absolute atomic E-state index is 14.3. The van der Waals surface area contributed by atoms with Gasteiger partial charge in [-0.05, 0) is 94.0 Å². The number of rotatable bonds is 4. The van der Waals surface area contributed by atoms with Crippen LogP contribution in [0.1, 0.15) is 0 Å². The van der Waals surface area contributed by atoms with Gasteiger partial charge in [-0.15, -0.1) is 0 Å². The molecule has 12 aromatic rings. The molecule has 0 N–H and O–H groups in total. The maximum Gasteiger partial charge on any atom is 0.283 e. The molecule has 0 amide bonds. The van der Waals surface area contributed by atoms with E-state index in [0.29, 0.717) is 21.8 Å². The quantitative estimate of drug-likeness (QED) is 0.182. The Kier molecular flexibility index (Phi) is 6.26. The second-order valence-corrected chi connectivity index (χ2v) is 14.5. The van der Waals surface area contributed by atoms with Crippen LogP contribution in [-0.2, 0) is 0 Å². The summed E-state index contributed by atoms with van der Waals surface area (Å²) in [5, 5.41) is 5.36. The number of nitrogens with zero attached hydrogens (tertiary/aromatic N) is 3. The Morgan fingerprint density at radius 3 is 1.95 bits per heavy atom. The molecule has 0 spiro atoms. The van der Waals surface area contributed by atoms with Crippen LogP contribution in [0.2, 0.25) is 0 Å². The summed E-state index contributed by atoms with van der Waals surface area (Å²) in [6, 6.07) is 59.6. The molecule has 0 fully saturated rings. The molecule has 0 unspecified atom stereocenters. The molecular weight excluding hydrogens is 691 g/mol. The van der Waals surface area contributed by atoms with Crippen LogP contribution in [-0.4, -0.2) is 13.6 Å². The topological polar surface area (TPSA) is 61.0 Å². The monoisotopic (exact) mass is 719 g/mol. The number of hydrogen-bond donors (Lipinski definition) is 0. The Balaban J connectivity index is 1.07. The van der Waals surface area contributed by atoms with Gasteiger partial charge in [-0.3, -0.25) is 9.59 Å². The molecule has 8 aromatic carbocycles. The molecule has 6 nitrogen and oxygen atoms in total. The number of furan rings is 1. The van der Waals surface area contributed by atoms with Gasteiger partial charge in [-0.25, -0.2) is 4.52 Å². The summed E-state index contributed by atoms with van der Waals surface area (Å²) in [6.07, 6.45) is 0. The standard InChI is InChI=1S/C50H29N3O3/c54-49-40-23-21-33(29-44(40)52-43-19-10-18-36(46(43)50(55)53(49)52)34-14-9-13-31(27-34)30-11-3-1-4-12-30)32-22-26-42-41(28-32)38-24-25-39-37-17-7-8-20-45(37)56-48(39)47(38)51(42)35-15-5-2-6-16-35/h1-29H. The largest absolute Gasteiger partial charge is 0.454 e. The lowest BCUT2D eigenvalue weighted by molar-refractivity contribution is 0.671. The van der Waals surface area contributed by atoms with E-state index in [-0.39, 0.29) is 11.1 Å². The van der Waals surface area contributed by atoms with Crippen molar-refractivity contribution in [2.45, 2.75) is 0 Å². The Hall–Kier alpha value is -7.70. The number of benzene rings is 8. The van der Waals surface area contributed by atoms with Crippen LogP contribution < -0.4 is 11.1 Å². The van der Waals surface area contributed by atoms with Gasteiger partial charge in [0.1, 0.15) is 5.58 Å². The summed E-state index contributed by atoms with van der Waals surface area (Å²) >= 11 is 0. The van der Waals surface area contributed by atoms with Gasteiger partial charge in [0, 0.05) is 27.2 Å². The van der Waals surface area contributed by atoms with Crippen LogP contribution in [0.5, 0.6) is 0 Å². The van der Waals surface area contributed by atoms with E-state index >= 15 is 0 Å². The van der Waals surface area contributed by atoms with Crippen molar-refractivity contribution in [2.24, 2.45) is 0 Å². The van der Waals surface area contributed by atoms with Crippen LogP contribution in [0.15, 0.2) is 190 Å². The number of fused-ring (bicyclic) bond motifs is 12. The summed E-state index contributed by atoms with van der Waals surface area (Å²) in [4.78, 5) is 28.2. The summed E-state index contributed by atoms with van der Waals surface area (Å²) < 4.78 is 12.0. The first kappa shape index (κ1) is 30.7. The summed E-state index contributed by atoms with van der Waals surface area (Å²) in [7, 11) is 0. The van der Waals surface area contributed by atoms with Crippen LogP contribution in [0.3, 0.4) is 0 Å². The fraction of sp³-hybridized carbons (Fsp3) is 0. The third kappa shape index (κ3) is 4.21. The van der Waals surface area contributed by atoms with E-state index in [1.807, 2.05) is 91.0 Å². The third-order valence-electron chi connectivity index (χ3n) is 11.4. The molecule has 0 saturated carbocycles. The zero-order valence-corrected chi connectivity index (χ0v) is 29.8. The fourth-order valence-corrected chi connectivity index (χ4v) is 8.89. The summed E-state index contributed by atoms with van der Waals surface area (Å²) in [5.41, 5.74) is 11.4. The van der Waals surface area contributed by atoms with Crippen LogP contribution >= 0.6 is 0 Å². The van der Waals surface area contributed by atoms with Crippen molar-refractivity contribution in [3.8, 4) is 39.1 Å². The maximum atomic E-state index is 14.3. The highest BCUT2D eigenvalue weighted by Gasteiger charge is 2.22. The van der Waals surface area contributed by atoms with Gasteiger partial charge in [0.2, 0.25) is 0 Å². The van der Waals surface area contributed by atoms with E-state index in [9.17, 15) is 9.59 Å². The van der Waals surface area contributed by atoms with E-state index in [2.05, 4.69) is 89.5 Å². The number of hydrogen-bond acceptors (Lipinski definition) is 3. The molecule has 0 bridgehead atoms. The first-order chi connectivity index (χ1) is 27.6. The first-order valence-corrected chi connectivity index (χ1v) is 18.7. The average molecular weight is 720 g/mol. The minimum atomic E-state index is -0.326. The van der Waals surface area contributed by atoms with Crippen molar-refractivity contribution in [2.75, 3.05) is 0 Å². The second-order valence-electron chi connectivity index (χ2n) is 14.5. The predicted octanol–water partition coefficient (Wildman–Crippen LogP) is 11.5. The van der Waals surface area contributed by atoms with Gasteiger partial charge < -0.3 is 8.98 Å². The molecular formula is C50H29N3O3. The van der Waals surface area contributed by atoms with Crippen LogP contribution in [0.4, 0.5) is 0 Å².